The van der Waals surface area contributed by atoms with Crippen LogP contribution in [0.1, 0.15) is 57.1 Å². The lowest BCUT2D eigenvalue weighted by Gasteiger charge is -2.48. The number of hydrogen-bond donors (Lipinski definition) is 2. The van der Waals surface area contributed by atoms with E-state index in [-0.39, 0.29) is 21.7 Å². The van der Waals surface area contributed by atoms with E-state index in [1.807, 2.05) is 41.7 Å². The normalized spacial score (nSPS) is 21.2. The van der Waals surface area contributed by atoms with Crippen molar-refractivity contribution in [3.05, 3.63) is 52.9 Å². The van der Waals surface area contributed by atoms with Crippen molar-refractivity contribution >= 4 is 40.8 Å². The molecule has 2 aliphatic rings. The SMILES string of the molecule is Cc1cc(C2=C(/C=C/C(O)CC(=O)CC(=O)O)C(C)(C)CC3(C2)SCCCS3)ccc1F. The fraction of sp³-hybridized carbons (Fsp3) is 0.520. The molecule has 7 heteroatoms. The van der Waals surface area contributed by atoms with E-state index in [1.54, 1.807) is 13.0 Å². The molecule has 1 saturated heterocycles. The molecule has 0 saturated carbocycles. The molecule has 32 heavy (non-hydrogen) atoms. The summed E-state index contributed by atoms with van der Waals surface area (Å²) in [4.78, 5) is 22.5. The van der Waals surface area contributed by atoms with E-state index in [4.69, 9.17) is 5.11 Å². The summed E-state index contributed by atoms with van der Waals surface area (Å²) in [6.07, 6.45) is 4.65. The highest BCUT2D eigenvalue weighted by Crippen LogP contribution is 2.59. The van der Waals surface area contributed by atoms with Crippen LogP contribution in [0.2, 0.25) is 0 Å². The summed E-state index contributed by atoms with van der Waals surface area (Å²) in [5.41, 5.74) is 3.62. The number of halogens is 1. The third-order valence-electron chi connectivity index (χ3n) is 6.01. The summed E-state index contributed by atoms with van der Waals surface area (Å²) in [7, 11) is 0. The number of hydrogen-bond acceptors (Lipinski definition) is 5. The Hall–Kier alpha value is -1.57. The molecule has 1 aliphatic heterocycles. The summed E-state index contributed by atoms with van der Waals surface area (Å²) < 4.78 is 14.1. The van der Waals surface area contributed by atoms with Gasteiger partial charge in [0.2, 0.25) is 0 Å². The molecule has 1 aliphatic carbocycles. The number of aliphatic hydroxyl groups is 1. The van der Waals surface area contributed by atoms with E-state index in [0.29, 0.717) is 5.56 Å². The van der Waals surface area contributed by atoms with Gasteiger partial charge in [-0.05, 0) is 77.5 Å². The molecule has 4 nitrogen and oxygen atoms in total. The van der Waals surface area contributed by atoms with Crippen LogP contribution >= 0.6 is 23.5 Å². The summed E-state index contributed by atoms with van der Waals surface area (Å²) in [5.74, 6) is 0.340. The molecule has 174 valence electrons. The fourth-order valence-corrected chi connectivity index (χ4v) is 8.35. The first kappa shape index (κ1) is 25.1. The van der Waals surface area contributed by atoms with Gasteiger partial charge in [0.05, 0.1) is 10.2 Å². The van der Waals surface area contributed by atoms with Crippen LogP contribution in [0.15, 0.2) is 35.9 Å². The fourth-order valence-electron chi connectivity index (χ4n) is 4.59. The average molecular weight is 479 g/mol. The Bertz CT molecular complexity index is 945. The summed E-state index contributed by atoms with van der Waals surface area (Å²) in [5, 5.41) is 19.1. The Labute approximate surface area is 197 Å². The van der Waals surface area contributed by atoms with Crippen molar-refractivity contribution in [2.75, 3.05) is 11.5 Å². The smallest absolute Gasteiger partial charge is 0.310 e. The topological polar surface area (TPSA) is 74.6 Å². The number of carbonyl (C=O) groups excluding carboxylic acids is 1. The van der Waals surface area contributed by atoms with E-state index < -0.39 is 24.3 Å². The molecule has 0 radical (unpaired) electrons. The second kappa shape index (κ2) is 10.1. The molecule has 1 aromatic rings. The van der Waals surface area contributed by atoms with Crippen LogP contribution in [0.4, 0.5) is 4.39 Å². The Morgan fingerprint density at radius 1 is 1.25 bits per heavy atom. The third-order valence-corrected chi connectivity index (χ3v) is 9.33. The van der Waals surface area contributed by atoms with Gasteiger partial charge in [-0.2, -0.15) is 0 Å². The van der Waals surface area contributed by atoms with E-state index in [2.05, 4.69) is 13.8 Å². The summed E-state index contributed by atoms with van der Waals surface area (Å²) in [6, 6.07) is 5.22. The highest BCUT2D eigenvalue weighted by atomic mass is 32.2. The van der Waals surface area contributed by atoms with E-state index in [1.165, 1.54) is 12.5 Å². The molecule has 1 atom stereocenters. The van der Waals surface area contributed by atoms with Crippen LogP contribution in [0.5, 0.6) is 0 Å². The molecule has 3 rings (SSSR count). The molecular weight excluding hydrogens is 447 g/mol. The van der Waals surface area contributed by atoms with Crippen LogP contribution in [0, 0.1) is 18.2 Å². The number of carboxylic acids is 1. The van der Waals surface area contributed by atoms with Crippen molar-refractivity contribution in [1.29, 1.82) is 0 Å². The maximum absolute atomic E-state index is 14.0. The van der Waals surface area contributed by atoms with Crippen molar-refractivity contribution in [3.8, 4) is 0 Å². The maximum Gasteiger partial charge on any atom is 0.310 e. The van der Waals surface area contributed by atoms with Crippen molar-refractivity contribution in [2.24, 2.45) is 5.41 Å². The van der Waals surface area contributed by atoms with Gasteiger partial charge in [0.15, 0.2) is 0 Å². The minimum absolute atomic E-state index is 0.0762. The number of allylic oxidation sites excluding steroid dienone is 3. The van der Waals surface area contributed by atoms with Gasteiger partial charge in [-0.15, -0.1) is 23.5 Å². The zero-order valence-corrected chi connectivity index (χ0v) is 20.5. The Morgan fingerprint density at radius 3 is 2.56 bits per heavy atom. The van der Waals surface area contributed by atoms with E-state index >= 15 is 0 Å². The van der Waals surface area contributed by atoms with Gasteiger partial charge in [-0.3, -0.25) is 9.59 Å². The van der Waals surface area contributed by atoms with Gasteiger partial charge in [0, 0.05) is 6.42 Å². The summed E-state index contributed by atoms with van der Waals surface area (Å²) in [6.45, 7) is 6.16. The van der Waals surface area contributed by atoms with E-state index in [0.717, 1.165) is 41.1 Å². The lowest BCUT2D eigenvalue weighted by Crippen LogP contribution is -2.37. The number of carboxylic acid groups (broad SMARTS) is 1. The van der Waals surface area contributed by atoms with Crippen molar-refractivity contribution in [2.45, 2.75) is 63.1 Å². The molecular formula is C25H31FO4S2. The first-order valence-electron chi connectivity index (χ1n) is 10.9. The Kier molecular flexibility index (Phi) is 7.94. The second-order valence-corrected chi connectivity index (χ2v) is 12.5. The predicted octanol–water partition coefficient (Wildman–Crippen LogP) is 5.63. The quantitative estimate of drug-likeness (QED) is 0.495. The first-order valence-corrected chi connectivity index (χ1v) is 12.9. The molecule has 1 heterocycles. The van der Waals surface area contributed by atoms with Crippen LogP contribution in [0.3, 0.4) is 0 Å². The van der Waals surface area contributed by atoms with E-state index in [9.17, 15) is 19.1 Å². The number of aliphatic carboxylic acids is 1. The van der Waals surface area contributed by atoms with Crippen LogP contribution in [0.25, 0.3) is 5.57 Å². The average Bonchev–Trinajstić information content (AvgIpc) is 2.68. The minimum Gasteiger partial charge on any atom is -0.481 e. The minimum atomic E-state index is -1.19. The molecule has 1 unspecified atom stereocenters. The number of aryl methyl sites for hydroxylation is 1. The largest absolute Gasteiger partial charge is 0.481 e. The van der Waals surface area contributed by atoms with Crippen LogP contribution in [-0.4, -0.2) is 43.7 Å². The van der Waals surface area contributed by atoms with Crippen molar-refractivity contribution < 1.29 is 24.2 Å². The zero-order valence-electron chi connectivity index (χ0n) is 18.8. The van der Waals surface area contributed by atoms with Crippen molar-refractivity contribution in [3.63, 3.8) is 0 Å². The molecule has 0 aromatic heterocycles. The lowest BCUT2D eigenvalue weighted by atomic mass is 9.70. The van der Waals surface area contributed by atoms with Gasteiger partial charge < -0.3 is 10.2 Å². The first-order chi connectivity index (χ1) is 15.0. The Morgan fingerprint density at radius 2 is 1.94 bits per heavy atom. The third kappa shape index (κ3) is 6.06. The van der Waals surface area contributed by atoms with Gasteiger partial charge in [0.1, 0.15) is 18.0 Å². The Balaban J connectivity index is 1.98. The molecule has 1 fully saturated rings. The number of ketones is 1. The maximum atomic E-state index is 14.0. The number of benzene rings is 1. The number of rotatable bonds is 7. The van der Waals surface area contributed by atoms with Crippen LogP contribution in [-0.2, 0) is 9.59 Å². The summed E-state index contributed by atoms with van der Waals surface area (Å²) >= 11 is 4.03. The highest BCUT2D eigenvalue weighted by molar-refractivity contribution is 8.18. The second-order valence-electron chi connectivity index (χ2n) is 9.29. The van der Waals surface area contributed by atoms with Gasteiger partial charge in [-0.1, -0.05) is 32.1 Å². The molecule has 0 amide bonds. The highest BCUT2D eigenvalue weighted by Gasteiger charge is 2.45. The standard InChI is InChI=1S/C25H31FO4S2/c1-16-11-17(5-8-22(16)26)20-14-25(31-9-4-10-32-25)15-24(2,3)21(20)7-6-18(27)12-19(28)13-23(29)30/h5-8,11,18,27H,4,9-10,12-15H2,1-3H3,(H,29,30)/b7-6+. The molecule has 0 bridgehead atoms. The number of thioether (sulfide) groups is 2. The molecule has 2 N–H and O–H groups in total. The number of aliphatic hydroxyl groups excluding tert-OH is 1. The van der Waals surface area contributed by atoms with Gasteiger partial charge in [0.25, 0.3) is 0 Å². The number of carbonyl (C=O) groups is 2. The molecule has 1 aromatic carbocycles. The van der Waals surface area contributed by atoms with Gasteiger partial charge in [-0.25, -0.2) is 4.39 Å². The number of Topliss-reactive ketones (excluding diaryl/α,β-unsaturated/α-hetero) is 1. The predicted molar refractivity (Wildman–Crippen MR) is 130 cm³/mol. The monoisotopic (exact) mass is 478 g/mol. The van der Waals surface area contributed by atoms with Gasteiger partial charge >= 0.3 is 5.97 Å². The molecule has 1 spiro atoms. The van der Waals surface area contributed by atoms with Crippen molar-refractivity contribution in [1.82, 2.24) is 0 Å². The zero-order chi connectivity index (χ0) is 23.5. The lowest BCUT2D eigenvalue weighted by molar-refractivity contribution is -0.140. The van der Waals surface area contributed by atoms with Crippen LogP contribution < -0.4 is 0 Å².